The third-order valence-corrected chi connectivity index (χ3v) is 5.21. The number of nitrogens with one attached hydrogen (secondary N) is 2. The lowest BCUT2D eigenvalue weighted by molar-refractivity contribution is -0.129. The number of carbonyl (C=O) groups excluding carboxylic acids is 3. The van der Waals surface area contributed by atoms with Gasteiger partial charge >= 0.3 is 0 Å². The maximum atomic E-state index is 12.4. The molecule has 2 aromatic rings. The molecule has 7 nitrogen and oxygen atoms in total. The van der Waals surface area contributed by atoms with Crippen molar-refractivity contribution in [2.75, 3.05) is 18.4 Å². The maximum Gasteiger partial charge on any atom is 0.243 e. The molecule has 3 rings (SSSR count). The minimum atomic E-state index is -0.543. The summed E-state index contributed by atoms with van der Waals surface area (Å²) in [6, 6.07) is 13.0. The number of benzene rings is 2. The molecule has 1 heterocycles. The van der Waals surface area contributed by atoms with Gasteiger partial charge in [0.1, 0.15) is 0 Å². The number of nitrogens with two attached hydrogens (primary N) is 1. The number of para-hydroxylation sites is 1. The summed E-state index contributed by atoms with van der Waals surface area (Å²) in [4.78, 5) is 38.3. The van der Waals surface area contributed by atoms with E-state index in [-0.39, 0.29) is 24.9 Å². The van der Waals surface area contributed by atoms with E-state index in [0.29, 0.717) is 13.0 Å². The van der Waals surface area contributed by atoms with E-state index in [0.717, 1.165) is 27.9 Å². The molecule has 0 aliphatic carbocycles. The number of rotatable bonds is 6. The Morgan fingerprint density at radius 3 is 2.31 bits per heavy atom. The van der Waals surface area contributed by atoms with Crippen molar-refractivity contribution >= 4 is 23.4 Å². The Hall–Kier alpha value is -3.19. The number of hydrogen-bond donors (Lipinski definition) is 3. The number of primary amides is 1. The van der Waals surface area contributed by atoms with Crippen molar-refractivity contribution in [3.63, 3.8) is 0 Å². The largest absolute Gasteiger partial charge is 0.368 e. The molecule has 152 valence electrons. The molecule has 1 aliphatic heterocycles. The van der Waals surface area contributed by atoms with Crippen LogP contribution in [0.3, 0.4) is 0 Å². The molecule has 0 radical (unpaired) electrons. The molecule has 7 heteroatoms. The van der Waals surface area contributed by atoms with Gasteiger partial charge < -0.3 is 16.4 Å². The minimum Gasteiger partial charge on any atom is -0.368 e. The topological polar surface area (TPSA) is 105 Å². The van der Waals surface area contributed by atoms with Gasteiger partial charge in [-0.1, -0.05) is 42.5 Å². The van der Waals surface area contributed by atoms with Crippen LogP contribution < -0.4 is 16.4 Å². The Labute approximate surface area is 170 Å². The predicted octanol–water partition coefficient (Wildman–Crippen LogP) is 1.27. The van der Waals surface area contributed by atoms with Crippen LogP contribution in [0, 0.1) is 13.8 Å². The fourth-order valence-electron chi connectivity index (χ4n) is 3.64. The van der Waals surface area contributed by atoms with Crippen LogP contribution in [0.25, 0.3) is 0 Å². The number of amides is 3. The molecular formula is C22H26N4O3. The Morgan fingerprint density at radius 1 is 1.00 bits per heavy atom. The van der Waals surface area contributed by atoms with Crippen molar-refractivity contribution in [2.45, 2.75) is 32.9 Å². The fourth-order valence-corrected chi connectivity index (χ4v) is 3.64. The van der Waals surface area contributed by atoms with Crippen molar-refractivity contribution in [2.24, 2.45) is 5.73 Å². The summed E-state index contributed by atoms with van der Waals surface area (Å²) < 4.78 is 0. The summed E-state index contributed by atoms with van der Waals surface area (Å²) in [6.07, 6.45) is 0.478. The van der Waals surface area contributed by atoms with Crippen LogP contribution in [0.2, 0.25) is 0 Å². The predicted molar refractivity (Wildman–Crippen MR) is 111 cm³/mol. The second-order valence-corrected chi connectivity index (χ2v) is 7.39. The first-order valence-corrected chi connectivity index (χ1v) is 9.58. The van der Waals surface area contributed by atoms with Gasteiger partial charge in [-0.3, -0.25) is 19.3 Å². The molecule has 0 bridgehead atoms. The van der Waals surface area contributed by atoms with Crippen LogP contribution >= 0.6 is 0 Å². The summed E-state index contributed by atoms with van der Waals surface area (Å²) >= 11 is 0. The number of fused-ring (bicyclic) bond motifs is 1. The highest BCUT2D eigenvalue weighted by atomic mass is 16.2. The van der Waals surface area contributed by atoms with Crippen LogP contribution in [0.15, 0.2) is 42.5 Å². The zero-order valence-corrected chi connectivity index (χ0v) is 16.7. The van der Waals surface area contributed by atoms with Gasteiger partial charge in [-0.25, -0.2) is 0 Å². The number of nitrogens with zero attached hydrogens (tertiary/aromatic N) is 1. The quantitative estimate of drug-likeness (QED) is 0.686. The third-order valence-electron chi connectivity index (χ3n) is 5.21. The van der Waals surface area contributed by atoms with E-state index in [9.17, 15) is 14.4 Å². The molecule has 4 N–H and O–H groups in total. The van der Waals surface area contributed by atoms with Gasteiger partial charge in [-0.2, -0.15) is 0 Å². The number of carbonyl (C=O) groups is 3. The third kappa shape index (κ3) is 5.00. The monoisotopic (exact) mass is 394 g/mol. The van der Waals surface area contributed by atoms with Crippen molar-refractivity contribution < 1.29 is 14.4 Å². The normalized spacial score (nSPS) is 16.0. The SMILES string of the molecule is Cc1cccc(C)c1NC(=O)CNC(=O)CN1Cc2ccccc2CC1C(N)=O. The maximum absolute atomic E-state index is 12.4. The average molecular weight is 394 g/mol. The molecule has 1 atom stereocenters. The van der Waals surface area contributed by atoms with E-state index >= 15 is 0 Å². The molecule has 0 aromatic heterocycles. The lowest BCUT2D eigenvalue weighted by Gasteiger charge is -2.34. The average Bonchev–Trinajstić information content (AvgIpc) is 2.68. The molecular weight excluding hydrogens is 368 g/mol. The Bertz CT molecular complexity index is 921. The number of anilines is 1. The molecule has 3 amide bonds. The van der Waals surface area contributed by atoms with Gasteiger partial charge in [-0.05, 0) is 42.5 Å². The van der Waals surface area contributed by atoms with Gasteiger partial charge in [0.25, 0.3) is 0 Å². The van der Waals surface area contributed by atoms with Crippen molar-refractivity contribution in [1.82, 2.24) is 10.2 Å². The van der Waals surface area contributed by atoms with Crippen molar-refractivity contribution in [1.29, 1.82) is 0 Å². The van der Waals surface area contributed by atoms with Crippen LogP contribution in [0.4, 0.5) is 5.69 Å². The lowest BCUT2D eigenvalue weighted by Crippen LogP contribution is -2.52. The Balaban J connectivity index is 1.57. The van der Waals surface area contributed by atoms with E-state index in [4.69, 9.17) is 5.73 Å². The highest BCUT2D eigenvalue weighted by Gasteiger charge is 2.31. The summed E-state index contributed by atoms with van der Waals surface area (Å²) in [6.45, 7) is 4.15. The minimum absolute atomic E-state index is 0.00138. The first-order chi connectivity index (χ1) is 13.8. The summed E-state index contributed by atoms with van der Waals surface area (Å²) in [5.41, 5.74) is 10.4. The van der Waals surface area contributed by atoms with Crippen LogP contribution in [0.5, 0.6) is 0 Å². The zero-order valence-electron chi connectivity index (χ0n) is 16.7. The van der Waals surface area contributed by atoms with Crippen molar-refractivity contribution in [3.05, 3.63) is 64.7 Å². The molecule has 1 unspecified atom stereocenters. The number of aryl methyl sites for hydroxylation is 2. The molecule has 0 saturated carbocycles. The number of hydrogen-bond acceptors (Lipinski definition) is 4. The van der Waals surface area contributed by atoms with E-state index in [1.165, 1.54) is 0 Å². The van der Waals surface area contributed by atoms with Gasteiger partial charge in [-0.15, -0.1) is 0 Å². The van der Waals surface area contributed by atoms with E-state index in [2.05, 4.69) is 10.6 Å². The first kappa shape index (κ1) is 20.5. The first-order valence-electron chi connectivity index (χ1n) is 9.58. The summed E-state index contributed by atoms with van der Waals surface area (Å²) in [5.74, 6) is -1.08. The van der Waals surface area contributed by atoms with E-state index < -0.39 is 11.9 Å². The Morgan fingerprint density at radius 2 is 1.66 bits per heavy atom. The molecule has 1 aliphatic rings. The van der Waals surface area contributed by atoms with E-state index in [1.54, 1.807) is 4.90 Å². The van der Waals surface area contributed by atoms with E-state index in [1.807, 2.05) is 56.3 Å². The van der Waals surface area contributed by atoms with Crippen LogP contribution in [-0.2, 0) is 27.3 Å². The highest BCUT2D eigenvalue weighted by molar-refractivity contribution is 5.96. The Kier molecular flexibility index (Phi) is 6.29. The lowest BCUT2D eigenvalue weighted by atomic mass is 9.93. The van der Waals surface area contributed by atoms with Gasteiger partial charge in [0, 0.05) is 12.2 Å². The van der Waals surface area contributed by atoms with Crippen molar-refractivity contribution in [3.8, 4) is 0 Å². The van der Waals surface area contributed by atoms with Gasteiger partial charge in [0.2, 0.25) is 17.7 Å². The summed E-state index contributed by atoms with van der Waals surface area (Å²) in [7, 11) is 0. The standard InChI is InChI=1S/C22H26N4O3/c1-14-6-5-7-15(2)21(14)25-19(27)11-24-20(28)13-26-12-17-9-4-3-8-16(17)10-18(26)22(23)29/h3-9,18H,10-13H2,1-2H3,(H2,23,29)(H,24,28)(H,25,27). The highest BCUT2D eigenvalue weighted by Crippen LogP contribution is 2.23. The second kappa shape index (κ2) is 8.87. The molecule has 29 heavy (non-hydrogen) atoms. The second-order valence-electron chi connectivity index (χ2n) is 7.39. The molecule has 0 spiro atoms. The van der Waals surface area contributed by atoms with Crippen LogP contribution in [0.1, 0.15) is 22.3 Å². The van der Waals surface area contributed by atoms with Gasteiger partial charge in [0.05, 0.1) is 19.1 Å². The zero-order chi connectivity index (χ0) is 21.0. The van der Waals surface area contributed by atoms with Gasteiger partial charge in [0.15, 0.2) is 0 Å². The summed E-state index contributed by atoms with van der Waals surface area (Å²) in [5, 5.41) is 5.46. The fraction of sp³-hybridized carbons (Fsp3) is 0.318. The molecule has 2 aromatic carbocycles. The molecule has 0 saturated heterocycles. The van der Waals surface area contributed by atoms with Crippen LogP contribution in [-0.4, -0.2) is 41.8 Å². The molecule has 0 fully saturated rings. The smallest absolute Gasteiger partial charge is 0.243 e.